The largest absolute Gasteiger partial charge is 0.353 e. The average Bonchev–Trinajstić information content (AvgIpc) is 2.53. The first-order valence-electron chi connectivity index (χ1n) is 8.67. The fourth-order valence-corrected chi connectivity index (χ4v) is 3.70. The smallest absolute Gasteiger partial charge is 0.237 e. The molecule has 1 saturated carbocycles. The Labute approximate surface area is 164 Å². The Morgan fingerprint density at radius 3 is 2.52 bits per heavy atom. The number of rotatable bonds is 6. The molecule has 144 valence electrons. The van der Waals surface area contributed by atoms with Crippen molar-refractivity contribution in [3.63, 3.8) is 0 Å². The van der Waals surface area contributed by atoms with E-state index in [1.54, 1.807) is 0 Å². The molecular weight excluding hydrogens is 357 g/mol. The van der Waals surface area contributed by atoms with Crippen LogP contribution in [0.3, 0.4) is 0 Å². The highest BCUT2D eigenvalue weighted by molar-refractivity contribution is 5.85. The van der Waals surface area contributed by atoms with Crippen LogP contribution < -0.4 is 11.1 Å². The summed E-state index contributed by atoms with van der Waals surface area (Å²) in [6, 6.07) is 9.46. The summed E-state index contributed by atoms with van der Waals surface area (Å²) < 4.78 is 0. The molecule has 0 aromatic heterocycles. The van der Waals surface area contributed by atoms with Gasteiger partial charge in [-0.05, 0) is 44.8 Å². The lowest BCUT2D eigenvalue weighted by Gasteiger charge is -2.45. The van der Waals surface area contributed by atoms with Crippen molar-refractivity contribution in [2.24, 2.45) is 11.7 Å². The van der Waals surface area contributed by atoms with Crippen LogP contribution in [0.2, 0.25) is 0 Å². The van der Waals surface area contributed by atoms with Gasteiger partial charge in [-0.25, -0.2) is 0 Å². The van der Waals surface area contributed by atoms with Gasteiger partial charge >= 0.3 is 0 Å². The van der Waals surface area contributed by atoms with Gasteiger partial charge in [-0.1, -0.05) is 50.1 Å². The van der Waals surface area contributed by atoms with Crippen molar-refractivity contribution in [3.8, 4) is 0 Å². The molecule has 25 heavy (non-hydrogen) atoms. The summed E-state index contributed by atoms with van der Waals surface area (Å²) in [5.41, 5.74) is 7.26. The summed E-state index contributed by atoms with van der Waals surface area (Å²) >= 11 is 0. The maximum atomic E-state index is 12.4. The molecule has 2 rings (SSSR count). The van der Waals surface area contributed by atoms with Crippen molar-refractivity contribution in [2.45, 2.75) is 50.6 Å². The number of nitrogens with two attached hydrogens (primary N) is 1. The monoisotopic (exact) mass is 389 g/mol. The number of carbonyl (C=O) groups excluding carboxylic acids is 1. The predicted molar refractivity (Wildman–Crippen MR) is 110 cm³/mol. The van der Waals surface area contributed by atoms with Crippen LogP contribution in [0, 0.1) is 5.92 Å². The van der Waals surface area contributed by atoms with Crippen LogP contribution in [0.1, 0.15) is 38.2 Å². The molecule has 1 amide bonds. The zero-order chi connectivity index (χ0) is 16.9. The molecule has 1 aliphatic carbocycles. The van der Waals surface area contributed by atoms with Gasteiger partial charge in [-0.15, -0.1) is 24.8 Å². The molecule has 1 aliphatic rings. The Bertz CT molecular complexity index is 513. The highest BCUT2D eigenvalue weighted by Gasteiger charge is 2.37. The Kier molecular flexibility index (Phi) is 10.7. The summed E-state index contributed by atoms with van der Waals surface area (Å²) in [6.07, 6.45) is 5.37. The summed E-state index contributed by atoms with van der Waals surface area (Å²) in [7, 11) is 4.24. The highest BCUT2D eigenvalue weighted by Crippen LogP contribution is 2.35. The fourth-order valence-electron chi connectivity index (χ4n) is 3.70. The average molecular weight is 390 g/mol. The van der Waals surface area contributed by atoms with Crippen LogP contribution >= 0.6 is 24.8 Å². The molecule has 1 fully saturated rings. The molecular formula is C19H33Cl2N3O. The number of amides is 1. The number of likely N-dealkylation sites (N-methyl/N-ethyl adjacent to an activating group) is 1. The second-order valence-corrected chi connectivity index (χ2v) is 7.33. The molecule has 1 aromatic carbocycles. The lowest BCUT2D eigenvalue weighted by Crippen LogP contribution is -2.56. The molecule has 0 bridgehead atoms. The van der Waals surface area contributed by atoms with E-state index in [1.165, 1.54) is 12.8 Å². The number of hydrogen-bond donors (Lipinski definition) is 2. The van der Waals surface area contributed by atoms with Gasteiger partial charge in [0.05, 0.1) is 6.04 Å². The fraction of sp³-hybridized carbons (Fsp3) is 0.632. The van der Waals surface area contributed by atoms with Gasteiger partial charge in [0, 0.05) is 12.1 Å². The number of halogens is 2. The molecule has 3 unspecified atom stereocenters. The minimum absolute atomic E-state index is 0. The Hall–Kier alpha value is -0.810. The van der Waals surface area contributed by atoms with Crippen molar-refractivity contribution in [1.29, 1.82) is 0 Å². The number of nitrogens with zero attached hydrogens (tertiary/aromatic N) is 1. The van der Waals surface area contributed by atoms with Gasteiger partial charge in [0.15, 0.2) is 0 Å². The van der Waals surface area contributed by atoms with Crippen LogP contribution in [0.25, 0.3) is 0 Å². The summed E-state index contributed by atoms with van der Waals surface area (Å²) in [5, 5.41) is 3.11. The van der Waals surface area contributed by atoms with Crippen molar-refractivity contribution in [3.05, 3.63) is 35.9 Å². The summed E-state index contributed by atoms with van der Waals surface area (Å²) in [6.45, 7) is 2.99. The number of hydrogen-bond acceptors (Lipinski definition) is 3. The van der Waals surface area contributed by atoms with Crippen molar-refractivity contribution >= 4 is 30.7 Å². The second-order valence-electron chi connectivity index (χ2n) is 7.33. The van der Waals surface area contributed by atoms with Crippen LogP contribution in [0.5, 0.6) is 0 Å². The van der Waals surface area contributed by atoms with Crippen LogP contribution in [0.4, 0.5) is 0 Å². The van der Waals surface area contributed by atoms with E-state index in [9.17, 15) is 4.79 Å². The van der Waals surface area contributed by atoms with Gasteiger partial charge < -0.3 is 16.0 Å². The van der Waals surface area contributed by atoms with Gasteiger partial charge in [0.1, 0.15) is 0 Å². The first kappa shape index (κ1) is 24.2. The molecule has 4 nitrogen and oxygen atoms in total. The zero-order valence-corrected chi connectivity index (χ0v) is 17.2. The second kappa shape index (κ2) is 11.0. The molecule has 0 spiro atoms. The number of nitrogens with one attached hydrogen (secondary N) is 1. The maximum Gasteiger partial charge on any atom is 0.237 e. The number of benzene rings is 1. The minimum Gasteiger partial charge on any atom is -0.353 e. The normalized spacial score (nSPS) is 24.0. The molecule has 0 heterocycles. The topological polar surface area (TPSA) is 58.4 Å². The molecule has 6 heteroatoms. The Morgan fingerprint density at radius 2 is 1.96 bits per heavy atom. The summed E-state index contributed by atoms with van der Waals surface area (Å²) in [5.74, 6) is 0.661. The molecule has 1 aromatic rings. The van der Waals surface area contributed by atoms with Crippen molar-refractivity contribution < 1.29 is 4.79 Å². The zero-order valence-electron chi connectivity index (χ0n) is 15.5. The SMILES string of the molecule is CC1CCCC(CNC(=O)C(N)Cc2ccccc2)(N(C)C)C1.Cl.Cl. The van der Waals surface area contributed by atoms with E-state index in [0.717, 1.165) is 18.4 Å². The lowest BCUT2D eigenvalue weighted by atomic mass is 9.75. The third-order valence-electron chi connectivity index (χ3n) is 5.24. The van der Waals surface area contributed by atoms with E-state index in [0.29, 0.717) is 18.9 Å². The molecule has 0 aliphatic heterocycles. The quantitative estimate of drug-likeness (QED) is 0.785. The number of carbonyl (C=O) groups is 1. The molecule has 3 atom stereocenters. The van der Waals surface area contributed by atoms with Gasteiger partial charge in [-0.2, -0.15) is 0 Å². The third-order valence-corrected chi connectivity index (χ3v) is 5.24. The van der Waals surface area contributed by atoms with Gasteiger partial charge in [0.25, 0.3) is 0 Å². The summed E-state index contributed by atoms with van der Waals surface area (Å²) in [4.78, 5) is 14.7. The Morgan fingerprint density at radius 1 is 1.32 bits per heavy atom. The van der Waals surface area contributed by atoms with E-state index in [2.05, 4.69) is 31.2 Å². The van der Waals surface area contributed by atoms with Crippen molar-refractivity contribution in [1.82, 2.24) is 10.2 Å². The van der Waals surface area contributed by atoms with Gasteiger partial charge in [-0.3, -0.25) is 4.79 Å². The molecule has 3 N–H and O–H groups in total. The van der Waals surface area contributed by atoms with E-state index in [-0.39, 0.29) is 36.3 Å². The highest BCUT2D eigenvalue weighted by atomic mass is 35.5. The standard InChI is InChI=1S/C19H31N3O.2ClH/c1-15-8-7-11-19(13-15,22(2)3)14-21-18(23)17(20)12-16-9-5-4-6-10-16;;/h4-6,9-10,15,17H,7-8,11-14,20H2,1-3H3,(H,21,23);2*1H. The van der Waals surface area contributed by atoms with Gasteiger partial charge in [0.2, 0.25) is 5.91 Å². The van der Waals surface area contributed by atoms with E-state index in [1.807, 2.05) is 30.3 Å². The van der Waals surface area contributed by atoms with E-state index in [4.69, 9.17) is 5.73 Å². The Balaban J connectivity index is 0.00000288. The molecule has 0 radical (unpaired) electrons. The van der Waals surface area contributed by atoms with Crippen LogP contribution in [-0.4, -0.2) is 43.0 Å². The lowest BCUT2D eigenvalue weighted by molar-refractivity contribution is -0.123. The van der Waals surface area contributed by atoms with Crippen molar-refractivity contribution in [2.75, 3.05) is 20.6 Å². The first-order valence-corrected chi connectivity index (χ1v) is 8.67. The molecule has 0 saturated heterocycles. The predicted octanol–water partition coefficient (Wildman–Crippen LogP) is 3.03. The van der Waals surface area contributed by atoms with E-state index < -0.39 is 6.04 Å². The first-order chi connectivity index (χ1) is 10.9. The van der Waals surface area contributed by atoms with E-state index >= 15 is 0 Å². The van der Waals surface area contributed by atoms with Crippen LogP contribution in [-0.2, 0) is 11.2 Å². The third kappa shape index (κ3) is 6.78. The maximum absolute atomic E-state index is 12.4. The van der Waals surface area contributed by atoms with Crippen LogP contribution in [0.15, 0.2) is 30.3 Å². The minimum atomic E-state index is -0.488.